The Hall–Kier alpha value is -0.920. The van der Waals surface area contributed by atoms with Crippen LogP contribution in [0.4, 0.5) is 0 Å². The van der Waals surface area contributed by atoms with Crippen LogP contribution < -0.4 is 4.72 Å². The highest BCUT2D eigenvalue weighted by Gasteiger charge is 2.27. The van der Waals surface area contributed by atoms with Crippen LogP contribution in [-0.4, -0.2) is 25.5 Å². The summed E-state index contributed by atoms with van der Waals surface area (Å²) in [4.78, 5) is 11.2. The van der Waals surface area contributed by atoms with Crippen molar-refractivity contribution in [2.24, 2.45) is 5.92 Å². The molecular weight excluding hydrogens is 298 g/mol. The maximum absolute atomic E-state index is 12.3. The van der Waals surface area contributed by atoms with Gasteiger partial charge in [-0.05, 0) is 37.8 Å². The minimum Gasteiger partial charge on any atom is -0.481 e. The lowest BCUT2D eigenvalue weighted by atomic mass is 10.0. The molecule has 0 aliphatic heterocycles. The summed E-state index contributed by atoms with van der Waals surface area (Å²) in [6.45, 7) is 1.90. The minimum absolute atomic E-state index is 0.0764. The highest BCUT2D eigenvalue weighted by atomic mass is 32.2. The van der Waals surface area contributed by atoms with Crippen molar-refractivity contribution in [2.45, 2.75) is 49.3 Å². The van der Waals surface area contributed by atoms with Crippen LogP contribution >= 0.6 is 11.3 Å². The number of carboxylic acid groups (broad SMARTS) is 1. The number of carbonyl (C=O) groups is 1. The first-order chi connectivity index (χ1) is 9.38. The Morgan fingerprint density at radius 2 is 2.10 bits per heavy atom. The number of sulfonamides is 1. The zero-order valence-electron chi connectivity index (χ0n) is 11.3. The van der Waals surface area contributed by atoms with Gasteiger partial charge >= 0.3 is 5.97 Å². The molecule has 1 aromatic rings. The Morgan fingerprint density at radius 3 is 2.70 bits per heavy atom. The van der Waals surface area contributed by atoms with E-state index < -0.39 is 16.0 Å². The summed E-state index contributed by atoms with van der Waals surface area (Å²) in [5.41, 5.74) is 0. The highest BCUT2D eigenvalue weighted by molar-refractivity contribution is 7.91. The van der Waals surface area contributed by atoms with Gasteiger partial charge in [-0.25, -0.2) is 13.1 Å². The Balaban J connectivity index is 2.05. The molecule has 1 fully saturated rings. The van der Waals surface area contributed by atoms with E-state index in [-0.39, 0.29) is 16.7 Å². The van der Waals surface area contributed by atoms with Crippen molar-refractivity contribution in [3.05, 3.63) is 17.0 Å². The van der Waals surface area contributed by atoms with Crippen molar-refractivity contribution in [1.82, 2.24) is 4.72 Å². The third kappa shape index (κ3) is 3.80. The minimum atomic E-state index is -3.54. The zero-order chi connectivity index (χ0) is 14.8. The van der Waals surface area contributed by atoms with Crippen LogP contribution in [0.25, 0.3) is 0 Å². The van der Waals surface area contributed by atoms with Crippen molar-refractivity contribution >= 4 is 27.3 Å². The molecule has 7 heteroatoms. The molecule has 0 radical (unpaired) electrons. The smallest absolute Gasteiger partial charge is 0.308 e. The molecule has 112 valence electrons. The molecule has 1 aromatic heterocycles. The summed E-state index contributed by atoms with van der Waals surface area (Å²) in [7, 11) is -3.54. The fraction of sp³-hybridized carbons (Fsp3) is 0.615. The zero-order valence-corrected chi connectivity index (χ0v) is 13.0. The average Bonchev–Trinajstić information content (AvgIpc) is 2.97. The average molecular weight is 317 g/mol. The van der Waals surface area contributed by atoms with Gasteiger partial charge in [-0.1, -0.05) is 12.8 Å². The molecule has 2 N–H and O–H groups in total. The largest absolute Gasteiger partial charge is 0.481 e. The van der Waals surface area contributed by atoms with Crippen molar-refractivity contribution in [3.63, 3.8) is 0 Å². The molecule has 0 saturated heterocycles. The molecule has 0 amide bonds. The van der Waals surface area contributed by atoms with Gasteiger partial charge in [-0.15, -0.1) is 11.3 Å². The molecule has 1 unspecified atom stereocenters. The second-order valence-electron chi connectivity index (χ2n) is 5.25. The van der Waals surface area contributed by atoms with Crippen LogP contribution in [-0.2, 0) is 21.2 Å². The SMILES string of the molecule is CC(NS(=O)(=O)c1ccc(CC(=O)O)s1)C1CCCC1. The van der Waals surface area contributed by atoms with E-state index in [1.54, 1.807) is 6.07 Å². The van der Waals surface area contributed by atoms with E-state index in [1.165, 1.54) is 18.9 Å². The second kappa shape index (κ2) is 6.24. The van der Waals surface area contributed by atoms with Crippen LogP contribution in [0.1, 0.15) is 37.5 Å². The monoisotopic (exact) mass is 317 g/mol. The lowest BCUT2D eigenvalue weighted by molar-refractivity contribution is -0.136. The van der Waals surface area contributed by atoms with Crippen LogP contribution in [0, 0.1) is 5.92 Å². The predicted molar refractivity (Wildman–Crippen MR) is 77.4 cm³/mol. The summed E-state index contributed by atoms with van der Waals surface area (Å²) in [5, 5.41) is 8.71. The van der Waals surface area contributed by atoms with Gasteiger partial charge in [0.05, 0.1) is 6.42 Å². The molecule has 0 bridgehead atoms. The van der Waals surface area contributed by atoms with E-state index in [4.69, 9.17) is 5.11 Å². The molecule has 1 atom stereocenters. The van der Waals surface area contributed by atoms with Gasteiger partial charge in [0.25, 0.3) is 0 Å². The molecule has 0 aromatic carbocycles. The third-order valence-electron chi connectivity index (χ3n) is 3.68. The first kappa shape index (κ1) is 15.5. The van der Waals surface area contributed by atoms with Crippen molar-refractivity contribution < 1.29 is 18.3 Å². The van der Waals surface area contributed by atoms with Crippen LogP contribution in [0.3, 0.4) is 0 Å². The number of hydrogen-bond acceptors (Lipinski definition) is 4. The van der Waals surface area contributed by atoms with E-state index in [0.29, 0.717) is 10.8 Å². The maximum Gasteiger partial charge on any atom is 0.308 e. The number of thiophene rings is 1. The summed E-state index contributed by atoms with van der Waals surface area (Å²) in [6.07, 6.45) is 4.33. The summed E-state index contributed by atoms with van der Waals surface area (Å²) in [6, 6.07) is 2.97. The quantitative estimate of drug-likeness (QED) is 0.843. The first-order valence-electron chi connectivity index (χ1n) is 6.71. The molecule has 5 nitrogen and oxygen atoms in total. The van der Waals surface area contributed by atoms with Crippen LogP contribution in [0.2, 0.25) is 0 Å². The highest BCUT2D eigenvalue weighted by Crippen LogP contribution is 2.29. The Morgan fingerprint density at radius 1 is 1.45 bits per heavy atom. The van der Waals surface area contributed by atoms with Gasteiger partial charge in [-0.3, -0.25) is 4.79 Å². The van der Waals surface area contributed by atoms with Crippen molar-refractivity contribution in [3.8, 4) is 0 Å². The Kier molecular flexibility index (Phi) is 4.82. The molecular formula is C13H19NO4S2. The van der Waals surface area contributed by atoms with Crippen LogP contribution in [0.15, 0.2) is 16.3 Å². The molecule has 1 aliphatic carbocycles. The van der Waals surface area contributed by atoms with Crippen molar-refractivity contribution in [1.29, 1.82) is 0 Å². The Labute approximate surface area is 123 Å². The van der Waals surface area contributed by atoms with E-state index in [0.717, 1.165) is 24.2 Å². The van der Waals surface area contributed by atoms with Gasteiger partial charge in [0, 0.05) is 10.9 Å². The number of nitrogens with one attached hydrogen (secondary N) is 1. The van der Waals surface area contributed by atoms with Gasteiger partial charge < -0.3 is 5.11 Å². The second-order valence-corrected chi connectivity index (χ2v) is 8.35. The molecule has 1 saturated carbocycles. The summed E-state index contributed by atoms with van der Waals surface area (Å²) >= 11 is 1.02. The molecule has 1 aliphatic rings. The summed E-state index contributed by atoms with van der Waals surface area (Å²) < 4.78 is 27.4. The van der Waals surface area contributed by atoms with E-state index in [2.05, 4.69) is 4.72 Å². The Bertz CT molecular complexity index is 573. The topological polar surface area (TPSA) is 83.5 Å². The van der Waals surface area contributed by atoms with Crippen LogP contribution in [0.5, 0.6) is 0 Å². The van der Waals surface area contributed by atoms with Gasteiger partial charge in [-0.2, -0.15) is 0 Å². The maximum atomic E-state index is 12.3. The number of rotatable bonds is 6. The standard InChI is InChI=1S/C13H19NO4S2/c1-9(10-4-2-3-5-10)14-20(17,18)13-7-6-11(19-13)8-12(15)16/h6-7,9-10,14H,2-5,8H2,1H3,(H,15,16). The number of hydrogen-bond donors (Lipinski definition) is 2. The van der Waals surface area contributed by atoms with E-state index >= 15 is 0 Å². The molecule has 1 heterocycles. The van der Waals surface area contributed by atoms with Gasteiger partial charge in [0.15, 0.2) is 0 Å². The lowest BCUT2D eigenvalue weighted by Crippen LogP contribution is -2.36. The van der Waals surface area contributed by atoms with E-state index in [1.807, 2.05) is 6.92 Å². The fourth-order valence-corrected chi connectivity index (χ4v) is 5.28. The molecule has 0 spiro atoms. The first-order valence-corrected chi connectivity index (χ1v) is 9.01. The van der Waals surface area contributed by atoms with Gasteiger partial charge in [0.2, 0.25) is 10.0 Å². The third-order valence-corrected chi connectivity index (χ3v) is 6.81. The van der Waals surface area contributed by atoms with E-state index in [9.17, 15) is 13.2 Å². The van der Waals surface area contributed by atoms with Crippen molar-refractivity contribution in [2.75, 3.05) is 0 Å². The number of carboxylic acids is 1. The lowest BCUT2D eigenvalue weighted by Gasteiger charge is -2.19. The fourth-order valence-electron chi connectivity index (χ4n) is 2.60. The molecule has 20 heavy (non-hydrogen) atoms. The van der Waals surface area contributed by atoms with Gasteiger partial charge in [0.1, 0.15) is 4.21 Å². The summed E-state index contributed by atoms with van der Waals surface area (Å²) in [5.74, 6) is -0.550. The normalized spacial score (nSPS) is 18.2. The number of aliphatic carboxylic acids is 1. The molecule has 2 rings (SSSR count). The predicted octanol–water partition coefficient (Wildman–Crippen LogP) is 2.23.